The van der Waals surface area contributed by atoms with Crippen LogP contribution in [0.1, 0.15) is 29.8 Å². The molecule has 96 valence electrons. The molecule has 0 aromatic carbocycles. The molecule has 5 nitrogen and oxygen atoms in total. The van der Waals surface area contributed by atoms with E-state index in [1.807, 2.05) is 4.90 Å². The molecule has 0 radical (unpaired) electrons. The highest BCUT2D eigenvalue weighted by Gasteiger charge is 2.19. The van der Waals surface area contributed by atoms with Crippen molar-refractivity contribution >= 4 is 11.9 Å². The van der Waals surface area contributed by atoms with Crippen molar-refractivity contribution in [1.29, 1.82) is 0 Å². The van der Waals surface area contributed by atoms with Crippen LogP contribution in [0.3, 0.4) is 0 Å². The Kier molecular flexibility index (Phi) is 4.28. The number of likely N-dealkylation sites (tertiary alicyclic amines) is 1. The van der Waals surface area contributed by atoms with Gasteiger partial charge in [-0.25, -0.2) is 9.97 Å². The van der Waals surface area contributed by atoms with Crippen LogP contribution >= 0.6 is 0 Å². The monoisotopic (exact) mass is 246 g/mol. The molecule has 0 spiro atoms. The van der Waals surface area contributed by atoms with Gasteiger partial charge in [0.05, 0.1) is 0 Å². The van der Waals surface area contributed by atoms with Gasteiger partial charge in [-0.3, -0.25) is 4.79 Å². The number of carbonyl (C=O) groups is 1. The fourth-order valence-electron chi connectivity index (χ4n) is 1.99. The Morgan fingerprint density at radius 1 is 1.44 bits per heavy atom. The molecule has 1 aromatic rings. The lowest BCUT2D eigenvalue weighted by atomic mass is 10.1. The number of amides is 1. The van der Waals surface area contributed by atoms with Crippen LogP contribution in [0, 0.1) is 0 Å². The second-order valence-corrected chi connectivity index (χ2v) is 4.29. The van der Waals surface area contributed by atoms with Crippen LogP contribution in [0.15, 0.2) is 24.9 Å². The molecule has 0 bridgehead atoms. The minimum Gasteiger partial charge on any atom is -0.351 e. The maximum atomic E-state index is 12.2. The van der Waals surface area contributed by atoms with Gasteiger partial charge in [0.15, 0.2) is 0 Å². The lowest BCUT2D eigenvalue weighted by molar-refractivity contribution is 0.0718. The summed E-state index contributed by atoms with van der Waals surface area (Å²) in [6, 6.07) is 1.66. The van der Waals surface area contributed by atoms with Crippen LogP contribution in [0.5, 0.6) is 0 Å². The van der Waals surface area contributed by atoms with E-state index < -0.39 is 0 Å². The second kappa shape index (κ2) is 6.14. The molecule has 0 unspecified atom stereocenters. The Hall–Kier alpha value is -1.91. The summed E-state index contributed by atoms with van der Waals surface area (Å²) in [5.41, 5.74) is 0.457. The van der Waals surface area contributed by atoms with E-state index >= 15 is 0 Å². The Balaban J connectivity index is 2.06. The molecule has 5 heteroatoms. The smallest absolute Gasteiger partial charge is 0.272 e. The number of carbonyl (C=O) groups excluding carboxylic acids is 1. The fourth-order valence-corrected chi connectivity index (χ4v) is 1.99. The fraction of sp³-hybridized carbons (Fsp3) is 0.462. The largest absolute Gasteiger partial charge is 0.351 e. The zero-order valence-corrected chi connectivity index (χ0v) is 10.4. The molecule has 1 saturated heterocycles. The van der Waals surface area contributed by atoms with E-state index in [0.29, 0.717) is 18.2 Å². The van der Waals surface area contributed by atoms with Gasteiger partial charge in [-0.15, -0.1) is 6.58 Å². The van der Waals surface area contributed by atoms with Gasteiger partial charge in [0.25, 0.3) is 5.91 Å². The maximum Gasteiger partial charge on any atom is 0.272 e. The number of nitrogens with one attached hydrogen (secondary N) is 1. The van der Waals surface area contributed by atoms with Crippen molar-refractivity contribution in [3.8, 4) is 0 Å². The van der Waals surface area contributed by atoms with Gasteiger partial charge in [-0.05, 0) is 25.3 Å². The van der Waals surface area contributed by atoms with Gasteiger partial charge >= 0.3 is 0 Å². The van der Waals surface area contributed by atoms with Crippen LogP contribution < -0.4 is 5.32 Å². The normalized spacial score (nSPS) is 15.2. The molecular formula is C13H18N4O. The third-order valence-corrected chi connectivity index (χ3v) is 2.92. The summed E-state index contributed by atoms with van der Waals surface area (Å²) < 4.78 is 0. The standard InChI is InChI=1S/C13H18N4O/c1-2-7-14-13-15-8-6-11(16-13)12(18)17-9-4-3-5-10-17/h2,6,8H,1,3-5,7,9-10H2,(H,14,15,16). The molecule has 1 aromatic heterocycles. The van der Waals surface area contributed by atoms with Crippen molar-refractivity contribution in [3.05, 3.63) is 30.6 Å². The van der Waals surface area contributed by atoms with Gasteiger partial charge in [0.2, 0.25) is 5.95 Å². The van der Waals surface area contributed by atoms with Crippen molar-refractivity contribution in [1.82, 2.24) is 14.9 Å². The first-order valence-electron chi connectivity index (χ1n) is 6.28. The number of aromatic nitrogens is 2. The van der Waals surface area contributed by atoms with Crippen LogP contribution in [-0.2, 0) is 0 Å². The Bertz CT molecular complexity index is 427. The number of anilines is 1. The van der Waals surface area contributed by atoms with E-state index in [1.165, 1.54) is 6.42 Å². The van der Waals surface area contributed by atoms with Crippen molar-refractivity contribution in [2.45, 2.75) is 19.3 Å². The maximum absolute atomic E-state index is 12.2. The summed E-state index contributed by atoms with van der Waals surface area (Å²) in [5.74, 6) is 0.469. The third-order valence-electron chi connectivity index (χ3n) is 2.92. The van der Waals surface area contributed by atoms with Crippen LogP contribution in [-0.4, -0.2) is 40.4 Å². The zero-order valence-electron chi connectivity index (χ0n) is 10.4. The quantitative estimate of drug-likeness (QED) is 0.821. The van der Waals surface area contributed by atoms with E-state index in [2.05, 4.69) is 21.9 Å². The minimum atomic E-state index is -0.00115. The predicted octanol–water partition coefficient (Wildman–Crippen LogP) is 1.70. The van der Waals surface area contributed by atoms with Gasteiger partial charge in [0.1, 0.15) is 5.69 Å². The van der Waals surface area contributed by atoms with E-state index in [-0.39, 0.29) is 5.91 Å². The average molecular weight is 246 g/mol. The summed E-state index contributed by atoms with van der Waals surface area (Å²) in [6.07, 6.45) is 6.70. The molecular weight excluding hydrogens is 228 g/mol. The topological polar surface area (TPSA) is 58.1 Å². The van der Waals surface area contributed by atoms with E-state index in [0.717, 1.165) is 25.9 Å². The Labute approximate surface area is 107 Å². The van der Waals surface area contributed by atoms with Crippen molar-refractivity contribution in [3.63, 3.8) is 0 Å². The van der Waals surface area contributed by atoms with E-state index in [4.69, 9.17) is 0 Å². The first-order chi connectivity index (χ1) is 8.81. The van der Waals surface area contributed by atoms with Crippen molar-refractivity contribution in [2.75, 3.05) is 25.0 Å². The van der Waals surface area contributed by atoms with Gasteiger partial charge in [-0.1, -0.05) is 6.08 Å². The molecule has 1 fully saturated rings. The highest BCUT2D eigenvalue weighted by Crippen LogP contribution is 2.12. The van der Waals surface area contributed by atoms with E-state index in [1.54, 1.807) is 18.3 Å². The summed E-state index contributed by atoms with van der Waals surface area (Å²) >= 11 is 0. The summed E-state index contributed by atoms with van der Waals surface area (Å²) in [6.45, 7) is 5.86. The number of hydrogen-bond acceptors (Lipinski definition) is 4. The van der Waals surface area contributed by atoms with Gasteiger partial charge in [-0.2, -0.15) is 0 Å². The molecule has 0 aliphatic carbocycles. The second-order valence-electron chi connectivity index (χ2n) is 4.29. The molecule has 1 N–H and O–H groups in total. The number of rotatable bonds is 4. The van der Waals surface area contributed by atoms with Gasteiger partial charge < -0.3 is 10.2 Å². The molecule has 2 heterocycles. The summed E-state index contributed by atoms with van der Waals surface area (Å²) in [4.78, 5) is 22.4. The Morgan fingerprint density at radius 3 is 2.94 bits per heavy atom. The lowest BCUT2D eigenvalue weighted by Gasteiger charge is -2.26. The summed E-state index contributed by atoms with van der Waals surface area (Å²) in [5, 5.41) is 2.98. The molecule has 0 saturated carbocycles. The average Bonchev–Trinajstić information content (AvgIpc) is 2.45. The first kappa shape index (κ1) is 12.5. The number of nitrogens with zero attached hydrogens (tertiary/aromatic N) is 3. The SMILES string of the molecule is C=CCNc1nccc(C(=O)N2CCCCC2)n1. The minimum absolute atomic E-state index is 0.00115. The van der Waals surface area contributed by atoms with Crippen molar-refractivity contribution in [2.24, 2.45) is 0 Å². The molecule has 1 aliphatic heterocycles. The Morgan fingerprint density at radius 2 is 2.22 bits per heavy atom. The molecule has 1 aliphatic rings. The number of piperidine rings is 1. The van der Waals surface area contributed by atoms with Gasteiger partial charge in [0, 0.05) is 25.8 Å². The lowest BCUT2D eigenvalue weighted by Crippen LogP contribution is -2.36. The molecule has 1 amide bonds. The number of hydrogen-bond donors (Lipinski definition) is 1. The highest BCUT2D eigenvalue weighted by molar-refractivity contribution is 5.92. The van der Waals surface area contributed by atoms with E-state index in [9.17, 15) is 4.79 Å². The third kappa shape index (κ3) is 3.06. The van der Waals surface area contributed by atoms with Crippen LogP contribution in [0.2, 0.25) is 0 Å². The highest BCUT2D eigenvalue weighted by atomic mass is 16.2. The molecule has 0 atom stereocenters. The molecule has 2 rings (SSSR count). The first-order valence-corrected chi connectivity index (χ1v) is 6.28. The van der Waals surface area contributed by atoms with Crippen molar-refractivity contribution < 1.29 is 4.79 Å². The van der Waals surface area contributed by atoms with Crippen LogP contribution in [0.25, 0.3) is 0 Å². The zero-order chi connectivity index (χ0) is 12.8. The van der Waals surface area contributed by atoms with Crippen LogP contribution in [0.4, 0.5) is 5.95 Å². The summed E-state index contributed by atoms with van der Waals surface area (Å²) in [7, 11) is 0. The predicted molar refractivity (Wildman–Crippen MR) is 70.5 cm³/mol. The molecule has 18 heavy (non-hydrogen) atoms.